The van der Waals surface area contributed by atoms with Crippen molar-refractivity contribution in [2.45, 2.75) is 0 Å². The number of rotatable bonds is 1. The third kappa shape index (κ3) is 1.18. The zero-order valence-electron chi connectivity index (χ0n) is 8.23. The van der Waals surface area contributed by atoms with Gasteiger partial charge in [0.05, 0.1) is 11.0 Å². The number of hydrogen-bond acceptors (Lipinski definition) is 4. The van der Waals surface area contributed by atoms with Gasteiger partial charge in [0.2, 0.25) is 0 Å². The van der Waals surface area contributed by atoms with E-state index < -0.39 is 5.97 Å². The van der Waals surface area contributed by atoms with E-state index in [4.69, 9.17) is 4.74 Å². The van der Waals surface area contributed by atoms with E-state index in [2.05, 4.69) is 9.97 Å². The van der Waals surface area contributed by atoms with E-state index in [1.807, 2.05) is 24.3 Å². The van der Waals surface area contributed by atoms with Crippen LogP contribution < -0.4 is 0 Å². The van der Waals surface area contributed by atoms with Crippen molar-refractivity contribution in [1.29, 1.82) is 0 Å². The molecule has 0 fully saturated rings. The Kier molecular flexibility index (Phi) is 1.73. The molecule has 5 nitrogen and oxygen atoms in total. The van der Waals surface area contributed by atoms with Crippen molar-refractivity contribution < 1.29 is 14.6 Å². The van der Waals surface area contributed by atoms with E-state index in [0.717, 1.165) is 11.0 Å². The van der Waals surface area contributed by atoms with Gasteiger partial charge in [0.1, 0.15) is 23.8 Å². The molecule has 1 aromatic heterocycles. The number of hydrogen-bond donors (Lipinski definition) is 2. The highest BCUT2D eigenvalue weighted by molar-refractivity contribution is 6.18. The molecule has 0 saturated heterocycles. The number of cyclic esters (lactones) is 1. The smallest absolute Gasteiger partial charge is 0.345 e. The van der Waals surface area contributed by atoms with Crippen LogP contribution >= 0.6 is 0 Å². The monoisotopic (exact) mass is 216 g/mol. The normalized spacial score (nSPS) is 15.9. The zero-order chi connectivity index (χ0) is 11.1. The summed E-state index contributed by atoms with van der Waals surface area (Å²) >= 11 is 0. The predicted molar refractivity (Wildman–Crippen MR) is 56.6 cm³/mol. The number of aromatic amines is 1. The number of aromatic nitrogens is 2. The molecule has 3 rings (SSSR count). The molecule has 5 heteroatoms. The largest absolute Gasteiger partial charge is 0.508 e. The SMILES string of the molecule is O=C1OCC(O)=C1c1nc2ccccc2[nH]1. The number of imidazole rings is 1. The number of aliphatic hydroxyl groups excluding tert-OH is 1. The van der Waals surface area contributed by atoms with Crippen LogP contribution in [-0.4, -0.2) is 27.7 Å². The van der Waals surface area contributed by atoms with Crippen molar-refractivity contribution in [3.8, 4) is 0 Å². The third-order valence-corrected chi connectivity index (χ3v) is 2.46. The second kappa shape index (κ2) is 3.10. The highest BCUT2D eigenvalue weighted by Gasteiger charge is 2.28. The van der Waals surface area contributed by atoms with E-state index in [1.54, 1.807) is 0 Å². The molecule has 0 atom stereocenters. The molecule has 0 saturated carbocycles. The number of aliphatic hydroxyl groups is 1. The number of benzene rings is 1. The van der Waals surface area contributed by atoms with Crippen LogP contribution in [0.2, 0.25) is 0 Å². The highest BCUT2D eigenvalue weighted by Crippen LogP contribution is 2.24. The summed E-state index contributed by atoms with van der Waals surface area (Å²) in [5.74, 6) is -0.276. The summed E-state index contributed by atoms with van der Waals surface area (Å²) in [6, 6.07) is 7.40. The van der Waals surface area contributed by atoms with Gasteiger partial charge in [-0.2, -0.15) is 0 Å². The maximum Gasteiger partial charge on any atom is 0.345 e. The highest BCUT2D eigenvalue weighted by atomic mass is 16.5. The number of nitrogens with zero attached hydrogens (tertiary/aromatic N) is 1. The minimum absolute atomic E-state index is 0.0782. The summed E-state index contributed by atoms with van der Waals surface area (Å²) in [4.78, 5) is 18.6. The van der Waals surface area contributed by atoms with Gasteiger partial charge in [-0.05, 0) is 12.1 Å². The van der Waals surface area contributed by atoms with Gasteiger partial charge >= 0.3 is 5.97 Å². The third-order valence-electron chi connectivity index (χ3n) is 2.46. The van der Waals surface area contributed by atoms with Gasteiger partial charge in [-0.25, -0.2) is 9.78 Å². The second-order valence-electron chi connectivity index (χ2n) is 3.50. The number of H-pyrrole nitrogens is 1. The van der Waals surface area contributed by atoms with Crippen molar-refractivity contribution >= 4 is 22.6 Å². The fourth-order valence-corrected chi connectivity index (χ4v) is 1.70. The molecule has 2 aromatic rings. The molecule has 0 unspecified atom stereocenters. The predicted octanol–water partition coefficient (Wildman–Crippen LogP) is 1.39. The molecule has 2 N–H and O–H groups in total. The minimum Gasteiger partial charge on any atom is -0.508 e. The summed E-state index contributed by atoms with van der Waals surface area (Å²) in [5.41, 5.74) is 1.69. The molecular formula is C11H8N2O3. The van der Waals surface area contributed by atoms with Crippen LogP contribution in [-0.2, 0) is 9.53 Å². The second-order valence-corrected chi connectivity index (χ2v) is 3.50. The van der Waals surface area contributed by atoms with Crippen LogP contribution in [0.4, 0.5) is 0 Å². The standard InChI is InChI=1S/C11H8N2O3/c14-8-5-16-11(15)9(8)10-12-6-3-1-2-4-7(6)13-10/h1-4,14H,5H2,(H,12,13). The fraction of sp³-hybridized carbons (Fsp3) is 0.0909. The van der Waals surface area contributed by atoms with Crippen molar-refractivity contribution in [2.24, 2.45) is 0 Å². The van der Waals surface area contributed by atoms with E-state index in [-0.39, 0.29) is 17.9 Å². The molecule has 2 heterocycles. The first-order chi connectivity index (χ1) is 7.75. The number of carbonyl (C=O) groups excluding carboxylic acids is 1. The maximum absolute atomic E-state index is 11.4. The van der Waals surface area contributed by atoms with Crippen LogP contribution in [0, 0.1) is 0 Å². The number of para-hydroxylation sites is 2. The molecular weight excluding hydrogens is 208 g/mol. The van der Waals surface area contributed by atoms with Crippen LogP contribution in [0.5, 0.6) is 0 Å². The number of ether oxygens (including phenoxy) is 1. The van der Waals surface area contributed by atoms with Crippen LogP contribution in [0.25, 0.3) is 16.6 Å². The van der Waals surface area contributed by atoms with E-state index >= 15 is 0 Å². The lowest BCUT2D eigenvalue weighted by molar-refractivity contribution is -0.134. The molecule has 80 valence electrons. The van der Waals surface area contributed by atoms with Gasteiger partial charge in [0.15, 0.2) is 0 Å². The Labute approximate surface area is 90.4 Å². The molecule has 0 amide bonds. The topological polar surface area (TPSA) is 75.2 Å². The van der Waals surface area contributed by atoms with Crippen LogP contribution in [0.15, 0.2) is 30.0 Å². The average molecular weight is 216 g/mol. The van der Waals surface area contributed by atoms with Crippen molar-refractivity contribution in [3.05, 3.63) is 35.8 Å². The molecule has 1 aliphatic rings. The van der Waals surface area contributed by atoms with E-state index in [9.17, 15) is 9.90 Å². The van der Waals surface area contributed by atoms with Gasteiger partial charge in [0, 0.05) is 0 Å². The van der Waals surface area contributed by atoms with Crippen LogP contribution in [0.1, 0.15) is 5.82 Å². The molecule has 0 radical (unpaired) electrons. The van der Waals surface area contributed by atoms with Gasteiger partial charge < -0.3 is 14.8 Å². The molecule has 0 bridgehead atoms. The molecule has 16 heavy (non-hydrogen) atoms. The van der Waals surface area contributed by atoms with Crippen molar-refractivity contribution in [3.63, 3.8) is 0 Å². The van der Waals surface area contributed by atoms with E-state index in [1.165, 1.54) is 0 Å². The molecule has 1 aliphatic heterocycles. The first-order valence-corrected chi connectivity index (χ1v) is 4.80. The fourth-order valence-electron chi connectivity index (χ4n) is 1.70. The lowest BCUT2D eigenvalue weighted by atomic mass is 10.2. The Balaban J connectivity index is 2.20. The minimum atomic E-state index is -0.545. The summed E-state index contributed by atoms with van der Waals surface area (Å²) in [7, 11) is 0. The number of nitrogens with one attached hydrogen (secondary N) is 1. The number of carbonyl (C=O) groups is 1. The van der Waals surface area contributed by atoms with E-state index in [0.29, 0.717) is 5.82 Å². The number of esters is 1. The summed E-state index contributed by atoms with van der Waals surface area (Å²) < 4.78 is 4.71. The molecule has 0 spiro atoms. The molecule has 0 aliphatic carbocycles. The van der Waals surface area contributed by atoms with Gasteiger partial charge in [0.25, 0.3) is 0 Å². The quantitative estimate of drug-likeness (QED) is 0.706. The lowest BCUT2D eigenvalue weighted by Gasteiger charge is -1.92. The Morgan fingerprint density at radius 1 is 1.38 bits per heavy atom. The first-order valence-electron chi connectivity index (χ1n) is 4.80. The first kappa shape index (κ1) is 8.96. The number of fused-ring (bicyclic) bond motifs is 1. The zero-order valence-corrected chi connectivity index (χ0v) is 8.23. The Bertz CT molecular complexity index is 579. The summed E-state index contributed by atoms with van der Waals surface area (Å²) in [6.07, 6.45) is 0. The summed E-state index contributed by atoms with van der Waals surface area (Å²) in [6.45, 7) is -0.0782. The summed E-state index contributed by atoms with van der Waals surface area (Å²) in [5, 5.41) is 9.51. The Morgan fingerprint density at radius 3 is 2.88 bits per heavy atom. The van der Waals surface area contributed by atoms with Crippen molar-refractivity contribution in [2.75, 3.05) is 6.61 Å². The van der Waals surface area contributed by atoms with Crippen LogP contribution in [0.3, 0.4) is 0 Å². The Morgan fingerprint density at radius 2 is 2.19 bits per heavy atom. The van der Waals surface area contributed by atoms with Gasteiger partial charge in [-0.15, -0.1) is 0 Å². The molecule has 1 aromatic carbocycles. The van der Waals surface area contributed by atoms with Crippen molar-refractivity contribution in [1.82, 2.24) is 9.97 Å². The Hall–Kier alpha value is -2.30. The maximum atomic E-state index is 11.4. The van der Waals surface area contributed by atoms with Gasteiger partial charge in [-0.1, -0.05) is 12.1 Å². The van der Waals surface area contributed by atoms with Gasteiger partial charge in [-0.3, -0.25) is 0 Å². The lowest BCUT2D eigenvalue weighted by Crippen LogP contribution is -2.00. The average Bonchev–Trinajstić information content (AvgIpc) is 2.82.